The van der Waals surface area contributed by atoms with Crippen LogP contribution in [0.1, 0.15) is 12.5 Å². The fourth-order valence-corrected chi connectivity index (χ4v) is 3.39. The normalized spacial score (nSPS) is 23.1. The molecule has 3 atom stereocenters. The molecule has 0 aliphatic carbocycles. The van der Waals surface area contributed by atoms with Crippen molar-refractivity contribution in [1.29, 1.82) is 0 Å². The van der Waals surface area contributed by atoms with Crippen molar-refractivity contribution >= 4 is 23.9 Å². The van der Waals surface area contributed by atoms with Crippen molar-refractivity contribution < 1.29 is 29.3 Å². The van der Waals surface area contributed by atoms with Gasteiger partial charge in [0, 0.05) is 7.05 Å². The summed E-state index contributed by atoms with van der Waals surface area (Å²) in [6.07, 6.45) is -0.873. The van der Waals surface area contributed by atoms with Gasteiger partial charge < -0.3 is 30.1 Å². The Morgan fingerprint density at radius 2 is 2.13 bits per heavy atom. The van der Waals surface area contributed by atoms with Gasteiger partial charge in [0.25, 0.3) is 5.91 Å². The van der Waals surface area contributed by atoms with E-state index in [1.807, 2.05) is 25.1 Å². The topological polar surface area (TPSA) is 144 Å². The molecule has 0 saturated carbocycles. The van der Waals surface area contributed by atoms with Crippen LogP contribution in [-0.2, 0) is 16.0 Å². The number of carboxylic acid groups (broad SMARTS) is 1. The number of amides is 3. The molecule has 2 heterocycles. The zero-order valence-electron chi connectivity index (χ0n) is 16.7. The van der Waals surface area contributed by atoms with Crippen LogP contribution in [0, 0.1) is 0 Å². The van der Waals surface area contributed by atoms with E-state index in [2.05, 4.69) is 15.6 Å². The van der Waals surface area contributed by atoms with E-state index in [-0.39, 0.29) is 19.1 Å². The van der Waals surface area contributed by atoms with E-state index in [1.165, 1.54) is 16.8 Å². The maximum Gasteiger partial charge on any atom is 0.325 e. The summed E-state index contributed by atoms with van der Waals surface area (Å²) in [6, 6.07) is 6.07. The van der Waals surface area contributed by atoms with Crippen LogP contribution in [0.2, 0.25) is 0 Å². The van der Waals surface area contributed by atoms with Crippen molar-refractivity contribution in [2.75, 3.05) is 26.7 Å². The number of guanidine groups is 1. The Balaban J connectivity index is 1.72. The highest BCUT2D eigenvalue weighted by Gasteiger charge is 2.50. The minimum Gasteiger partial charge on any atom is -0.491 e. The number of carbonyl (C=O) groups is 3. The number of ether oxygens (including phenoxy) is 1. The highest BCUT2D eigenvalue weighted by molar-refractivity contribution is 6.04. The Hall–Kier alpha value is -3.34. The Labute approximate surface area is 173 Å². The monoisotopic (exact) mass is 419 g/mol. The molecule has 3 rings (SSSR count). The number of aliphatic carboxylic acids is 1. The third kappa shape index (κ3) is 4.62. The van der Waals surface area contributed by atoms with Crippen LogP contribution in [-0.4, -0.2) is 88.9 Å². The summed E-state index contributed by atoms with van der Waals surface area (Å²) in [7, 11) is 1.50. The van der Waals surface area contributed by atoms with Crippen LogP contribution < -0.4 is 15.4 Å². The molecule has 3 unspecified atom stereocenters. The van der Waals surface area contributed by atoms with E-state index in [0.717, 1.165) is 12.0 Å². The summed E-state index contributed by atoms with van der Waals surface area (Å²) >= 11 is 0. The largest absolute Gasteiger partial charge is 0.491 e. The second-order valence-corrected chi connectivity index (χ2v) is 7.09. The van der Waals surface area contributed by atoms with Crippen molar-refractivity contribution in [3.05, 3.63) is 29.8 Å². The first-order chi connectivity index (χ1) is 14.3. The quantitative estimate of drug-likeness (QED) is 0.429. The number of carbonyl (C=O) groups excluding carboxylic acids is 2. The smallest absolute Gasteiger partial charge is 0.325 e. The maximum atomic E-state index is 12.4. The zero-order chi connectivity index (χ0) is 21.8. The van der Waals surface area contributed by atoms with Crippen molar-refractivity contribution in [3.63, 3.8) is 0 Å². The second kappa shape index (κ2) is 8.99. The first-order valence-electron chi connectivity index (χ1n) is 9.57. The highest BCUT2D eigenvalue weighted by atomic mass is 16.5. The molecule has 2 saturated heterocycles. The molecular weight excluding hydrogens is 394 g/mol. The van der Waals surface area contributed by atoms with Gasteiger partial charge in [0.2, 0.25) is 0 Å². The summed E-state index contributed by atoms with van der Waals surface area (Å²) in [5, 5.41) is 24.6. The fraction of sp³-hybridized carbons (Fsp3) is 0.474. The molecule has 2 aliphatic rings. The Morgan fingerprint density at radius 1 is 1.37 bits per heavy atom. The molecule has 2 fully saturated rings. The molecule has 0 aromatic heterocycles. The second-order valence-electron chi connectivity index (χ2n) is 7.09. The van der Waals surface area contributed by atoms with Crippen LogP contribution in [0.5, 0.6) is 5.75 Å². The molecule has 2 aliphatic heterocycles. The number of benzene rings is 1. The summed E-state index contributed by atoms with van der Waals surface area (Å²) in [5.41, 5.74) is 1.10. The van der Waals surface area contributed by atoms with Gasteiger partial charge in [-0.25, -0.2) is 9.79 Å². The van der Waals surface area contributed by atoms with Crippen LogP contribution in [0.3, 0.4) is 0 Å². The number of rotatable bonds is 8. The number of imide groups is 1. The predicted octanol–water partition coefficient (Wildman–Crippen LogP) is -0.789. The standard InChI is InChI=1S/C19H25N5O6/c1-3-11-5-4-6-13(7-11)30-10-12(25)9-24-15-16(21-18(24)20-8-14(26)27)23(2)19(29)22-17(15)28/h4-7,12,15-16,25H,3,8-10H2,1-2H3,(H,20,21)(H,26,27)(H,22,28,29). The number of β-amino-alcohol motifs (C(OH)–C–C–N with tert-alkyl or cyclic N) is 1. The molecule has 1 aromatic carbocycles. The average Bonchev–Trinajstić information content (AvgIpc) is 3.08. The first kappa shape index (κ1) is 21.4. The first-order valence-corrected chi connectivity index (χ1v) is 9.57. The lowest BCUT2D eigenvalue weighted by Crippen LogP contribution is -2.65. The number of aliphatic hydroxyl groups excluding tert-OH is 1. The number of hydrogen-bond acceptors (Lipinski definition) is 6. The summed E-state index contributed by atoms with van der Waals surface area (Å²) in [5.74, 6) is -0.963. The number of hydrogen-bond donors (Lipinski definition) is 4. The van der Waals surface area contributed by atoms with Gasteiger partial charge in [-0.05, 0) is 24.1 Å². The van der Waals surface area contributed by atoms with E-state index >= 15 is 0 Å². The number of fused-ring (bicyclic) bond motifs is 1. The minimum atomic E-state index is -1.15. The van der Waals surface area contributed by atoms with Crippen LogP contribution in [0.15, 0.2) is 29.3 Å². The summed E-state index contributed by atoms with van der Waals surface area (Å²) in [6.45, 7) is 1.42. The van der Waals surface area contributed by atoms with Crippen molar-refractivity contribution in [1.82, 2.24) is 20.4 Å². The van der Waals surface area contributed by atoms with E-state index in [1.54, 1.807) is 6.07 Å². The summed E-state index contributed by atoms with van der Waals surface area (Å²) in [4.78, 5) is 42.0. The van der Waals surface area contributed by atoms with Gasteiger partial charge in [0.15, 0.2) is 12.0 Å². The van der Waals surface area contributed by atoms with Crippen molar-refractivity contribution in [2.45, 2.75) is 31.7 Å². The number of carboxylic acids is 1. The average molecular weight is 419 g/mol. The Bertz CT molecular complexity index is 860. The van der Waals surface area contributed by atoms with Crippen molar-refractivity contribution in [2.24, 2.45) is 4.99 Å². The lowest BCUT2D eigenvalue weighted by atomic mass is 10.1. The molecule has 0 spiro atoms. The van der Waals surface area contributed by atoms with E-state index in [4.69, 9.17) is 9.84 Å². The lowest BCUT2D eigenvalue weighted by Gasteiger charge is -2.35. The van der Waals surface area contributed by atoms with Crippen LogP contribution in [0.25, 0.3) is 0 Å². The number of likely N-dealkylation sites (N-methyl/N-ethyl adjacent to an activating group) is 1. The predicted molar refractivity (Wildman–Crippen MR) is 106 cm³/mol. The minimum absolute atomic E-state index is 0.0380. The number of aliphatic hydroxyl groups is 1. The van der Waals surface area contributed by atoms with E-state index in [9.17, 15) is 19.5 Å². The Kier molecular flexibility index (Phi) is 6.40. The van der Waals surface area contributed by atoms with Gasteiger partial charge >= 0.3 is 12.0 Å². The summed E-state index contributed by atoms with van der Waals surface area (Å²) < 4.78 is 5.66. The number of urea groups is 1. The molecular formula is C19H25N5O6. The zero-order valence-corrected chi connectivity index (χ0v) is 16.7. The van der Waals surface area contributed by atoms with Gasteiger partial charge in [-0.3, -0.25) is 14.9 Å². The lowest BCUT2D eigenvalue weighted by molar-refractivity contribution is -0.135. The maximum absolute atomic E-state index is 12.4. The number of nitrogens with one attached hydrogen (secondary N) is 2. The third-order valence-electron chi connectivity index (χ3n) is 4.94. The SMILES string of the molecule is CCc1cccc(OCC(O)CN2C(=NCC(=O)O)NC3C2C(=O)NC(=O)N3C)c1. The number of aryl methyl sites for hydroxylation is 1. The van der Waals surface area contributed by atoms with E-state index in [0.29, 0.717) is 5.75 Å². The van der Waals surface area contributed by atoms with Gasteiger partial charge in [0.05, 0.1) is 6.54 Å². The van der Waals surface area contributed by atoms with Gasteiger partial charge in [0.1, 0.15) is 31.2 Å². The van der Waals surface area contributed by atoms with Gasteiger partial charge in [-0.1, -0.05) is 19.1 Å². The number of aliphatic imine (C=N–C) groups is 1. The molecule has 11 heteroatoms. The highest BCUT2D eigenvalue weighted by Crippen LogP contribution is 2.21. The number of nitrogens with zero attached hydrogens (tertiary/aromatic N) is 3. The molecule has 11 nitrogen and oxygen atoms in total. The Morgan fingerprint density at radius 3 is 2.83 bits per heavy atom. The molecule has 3 amide bonds. The third-order valence-corrected chi connectivity index (χ3v) is 4.94. The van der Waals surface area contributed by atoms with Crippen molar-refractivity contribution in [3.8, 4) is 5.75 Å². The van der Waals surface area contributed by atoms with Gasteiger partial charge in [-0.2, -0.15) is 0 Å². The fourth-order valence-electron chi connectivity index (χ4n) is 3.39. The molecule has 0 bridgehead atoms. The molecule has 4 N–H and O–H groups in total. The molecule has 0 radical (unpaired) electrons. The molecule has 30 heavy (non-hydrogen) atoms. The molecule has 1 aromatic rings. The van der Waals surface area contributed by atoms with Crippen LogP contribution >= 0.6 is 0 Å². The van der Waals surface area contributed by atoms with E-state index < -0.39 is 42.8 Å². The van der Waals surface area contributed by atoms with Crippen LogP contribution in [0.4, 0.5) is 4.79 Å². The molecule has 162 valence electrons. The van der Waals surface area contributed by atoms with Gasteiger partial charge in [-0.15, -0.1) is 0 Å².